The van der Waals surface area contributed by atoms with Gasteiger partial charge in [0, 0.05) is 51.1 Å². The van der Waals surface area contributed by atoms with Gasteiger partial charge in [-0.3, -0.25) is 14.8 Å². The standard InChI is InChI=1S/C22H43N5O2S/c1-4-23-21(24-16-20(15-19(2)3)26-6-10-28-11-7-26)25-17-22(5-14-30-18-22)27-8-12-29-13-9-27/h19-20H,4-18H2,1-3H3,(H2,23,24,25). The van der Waals surface area contributed by atoms with Crippen molar-refractivity contribution in [2.24, 2.45) is 10.9 Å². The Hall–Kier alpha value is -0.540. The normalized spacial score (nSPS) is 28.1. The van der Waals surface area contributed by atoms with Crippen LogP contribution in [0.2, 0.25) is 0 Å². The van der Waals surface area contributed by atoms with Gasteiger partial charge >= 0.3 is 0 Å². The van der Waals surface area contributed by atoms with Crippen molar-refractivity contribution in [2.75, 3.05) is 83.7 Å². The highest BCUT2D eigenvalue weighted by Gasteiger charge is 2.40. The molecule has 0 aromatic carbocycles. The second-order valence-corrected chi connectivity index (χ2v) is 10.2. The third kappa shape index (κ3) is 6.99. The number of hydrogen-bond acceptors (Lipinski definition) is 6. The molecule has 0 bridgehead atoms. The maximum atomic E-state index is 5.60. The Labute approximate surface area is 187 Å². The molecule has 3 aliphatic rings. The SMILES string of the molecule is CCNC(=NCC1(N2CCOCC2)CCSC1)NCC(CC(C)C)N1CCOCC1. The van der Waals surface area contributed by atoms with Gasteiger partial charge in [-0.1, -0.05) is 13.8 Å². The van der Waals surface area contributed by atoms with Gasteiger partial charge in [-0.15, -0.1) is 0 Å². The molecule has 3 saturated heterocycles. The number of guanidine groups is 1. The van der Waals surface area contributed by atoms with Crippen molar-refractivity contribution >= 4 is 17.7 Å². The number of thioether (sulfide) groups is 1. The van der Waals surface area contributed by atoms with Crippen molar-refractivity contribution in [3.63, 3.8) is 0 Å². The van der Waals surface area contributed by atoms with E-state index in [2.05, 4.69) is 53.0 Å². The Bertz CT molecular complexity index is 516. The van der Waals surface area contributed by atoms with E-state index in [1.54, 1.807) is 0 Å². The lowest BCUT2D eigenvalue weighted by molar-refractivity contribution is -0.0104. The molecular formula is C22H43N5O2S. The summed E-state index contributed by atoms with van der Waals surface area (Å²) in [6, 6.07) is 0.521. The first-order valence-corrected chi connectivity index (χ1v) is 13.0. The van der Waals surface area contributed by atoms with Crippen molar-refractivity contribution < 1.29 is 9.47 Å². The first-order valence-electron chi connectivity index (χ1n) is 11.9. The molecule has 3 rings (SSSR count). The summed E-state index contributed by atoms with van der Waals surface area (Å²) < 4.78 is 11.2. The van der Waals surface area contributed by atoms with Crippen LogP contribution < -0.4 is 10.6 Å². The maximum Gasteiger partial charge on any atom is 0.191 e. The van der Waals surface area contributed by atoms with Crippen LogP contribution in [0.3, 0.4) is 0 Å². The van der Waals surface area contributed by atoms with E-state index in [1.807, 2.05) is 0 Å². The Morgan fingerprint density at radius 1 is 1.07 bits per heavy atom. The van der Waals surface area contributed by atoms with Crippen molar-refractivity contribution in [2.45, 2.75) is 45.2 Å². The lowest BCUT2D eigenvalue weighted by atomic mass is 9.96. The van der Waals surface area contributed by atoms with E-state index in [0.29, 0.717) is 12.0 Å². The van der Waals surface area contributed by atoms with Gasteiger partial charge in [-0.05, 0) is 31.4 Å². The van der Waals surface area contributed by atoms with E-state index in [9.17, 15) is 0 Å². The highest BCUT2D eigenvalue weighted by atomic mass is 32.2. The third-order valence-electron chi connectivity index (χ3n) is 6.45. The molecule has 2 unspecified atom stereocenters. The summed E-state index contributed by atoms with van der Waals surface area (Å²) in [7, 11) is 0. The molecule has 0 aromatic heterocycles. The van der Waals surface area contributed by atoms with E-state index in [1.165, 1.54) is 24.3 Å². The smallest absolute Gasteiger partial charge is 0.191 e. The van der Waals surface area contributed by atoms with Crippen LogP contribution >= 0.6 is 11.8 Å². The minimum atomic E-state index is 0.193. The maximum absolute atomic E-state index is 5.60. The zero-order valence-electron chi connectivity index (χ0n) is 19.3. The minimum absolute atomic E-state index is 0.193. The van der Waals surface area contributed by atoms with Crippen molar-refractivity contribution in [1.29, 1.82) is 0 Å². The number of hydrogen-bond donors (Lipinski definition) is 2. The second kappa shape index (κ2) is 12.5. The zero-order valence-corrected chi connectivity index (χ0v) is 20.1. The van der Waals surface area contributed by atoms with E-state index in [4.69, 9.17) is 14.5 Å². The van der Waals surface area contributed by atoms with Gasteiger partial charge < -0.3 is 20.1 Å². The third-order valence-corrected chi connectivity index (χ3v) is 7.69. The van der Waals surface area contributed by atoms with E-state index >= 15 is 0 Å². The lowest BCUT2D eigenvalue weighted by Crippen LogP contribution is -2.56. The van der Waals surface area contributed by atoms with Crippen molar-refractivity contribution in [3.05, 3.63) is 0 Å². The van der Waals surface area contributed by atoms with Crippen molar-refractivity contribution in [3.8, 4) is 0 Å². The summed E-state index contributed by atoms with van der Waals surface area (Å²) in [5.41, 5.74) is 0.193. The first kappa shape index (κ1) is 24.1. The summed E-state index contributed by atoms with van der Waals surface area (Å²) >= 11 is 2.07. The number of rotatable bonds is 9. The molecule has 3 fully saturated rings. The second-order valence-electron chi connectivity index (χ2n) is 9.13. The van der Waals surface area contributed by atoms with Gasteiger partial charge in [0.2, 0.25) is 0 Å². The summed E-state index contributed by atoms with van der Waals surface area (Å²) in [6.07, 6.45) is 2.42. The van der Waals surface area contributed by atoms with Crippen LogP contribution in [0.25, 0.3) is 0 Å². The predicted octanol–water partition coefficient (Wildman–Crippen LogP) is 1.50. The molecule has 7 nitrogen and oxygen atoms in total. The molecule has 3 heterocycles. The predicted molar refractivity (Wildman–Crippen MR) is 127 cm³/mol. The molecule has 0 amide bonds. The van der Waals surface area contributed by atoms with Gasteiger partial charge in [-0.25, -0.2) is 0 Å². The van der Waals surface area contributed by atoms with E-state index < -0.39 is 0 Å². The van der Waals surface area contributed by atoms with Gasteiger partial charge in [0.25, 0.3) is 0 Å². The largest absolute Gasteiger partial charge is 0.379 e. The molecule has 174 valence electrons. The molecule has 3 aliphatic heterocycles. The van der Waals surface area contributed by atoms with Crippen LogP contribution in [-0.4, -0.2) is 111 Å². The Morgan fingerprint density at radius 3 is 2.37 bits per heavy atom. The van der Waals surface area contributed by atoms with Gasteiger partial charge in [0.1, 0.15) is 0 Å². The van der Waals surface area contributed by atoms with Crippen LogP contribution in [-0.2, 0) is 9.47 Å². The van der Waals surface area contributed by atoms with Gasteiger partial charge in [0.05, 0.1) is 38.5 Å². The number of nitrogens with one attached hydrogen (secondary N) is 2. The highest BCUT2D eigenvalue weighted by Crippen LogP contribution is 2.34. The zero-order chi connectivity index (χ0) is 21.2. The average molecular weight is 442 g/mol. The van der Waals surface area contributed by atoms with Crippen LogP contribution in [0.5, 0.6) is 0 Å². The summed E-state index contributed by atoms with van der Waals surface area (Å²) in [5, 5.41) is 7.16. The fourth-order valence-corrected chi connectivity index (χ4v) is 6.21. The number of ether oxygens (including phenoxy) is 2. The van der Waals surface area contributed by atoms with Crippen LogP contribution in [0.1, 0.15) is 33.6 Å². The molecule has 2 atom stereocenters. The molecule has 0 radical (unpaired) electrons. The van der Waals surface area contributed by atoms with Gasteiger partial charge in [0.15, 0.2) is 5.96 Å². The molecule has 0 saturated carbocycles. The number of morpholine rings is 2. The quantitative estimate of drug-likeness (QED) is 0.415. The Morgan fingerprint density at radius 2 is 1.77 bits per heavy atom. The minimum Gasteiger partial charge on any atom is -0.379 e. The van der Waals surface area contributed by atoms with Crippen molar-refractivity contribution in [1.82, 2.24) is 20.4 Å². The fraction of sp³-hybridized carbons (Fsp3) is 0.955. The fourth-order valence-electron chi connectivity index (χ4n) is 4.74. The molecule has 8 heteroatoms. The van der Waals surface area contributed by atoms with Crippen LogP contribution in [0, 0.1) is 5.92 Å². The lowest BCUT2D eigenvalue weighted by Gasteiger charge is -2.42. The Kier molecular flexibility index (Phi) is 10.0. The monoisotopic (exact) mass is 441 g/mol. The van der Waals surface area contributed by atoms with Crippen LogP contribution in [0.15, 0.2) is 4.99 Å². The molecular weight excluding hydrogens is 398 g/mol. The molecule has 0 aromatic rings. The van der Waals surface area contributed by atoms with Gasteiger partial charge in [-0.2, -0.15) is 11.8 Å². The van der Waals surface area contributed by atoms with E-state index in [-0.39, 0.29) is 5.54 Å². The average Bonchev–Trinajstić information content (AvgIpc) is 3.26. The summed E-state index contributed by atoms with van der Waals surface area (Å²) in [6.45, 7) is 17.0. The molecule has 30 heavy (non-hydrogen) atoms. The highest BCUT2D eigenvalue weighted by molar-refractivity contribution is 7.99. The molecule has 0 aliphatic carbocycles. The number of nitrogens with zero attached hydrogens (tertiary/aromatic N) is 3. The Balaban J connectivity index is 1.61. The van der Waals surface area contributed by atoms with E-state index in [0.717, 1.165) is 78.2 Å². The number of aliphatic imine (C=N–C) groups is 1. The van der Waals surface area contributed by atoms with Crippen LogP contribution in [0.4, 0.5) is 0 Å². The molecule has 0 spiro atoms. The summed E-state index contributed by atoms with van der Waals surface area (Å²) in [4.78, 5) is 10.3. The first-order chi connectivity index (χ1) is 14.6. The topological polar surface area (TPSA) is 61.4 Å². The summed E-state index contributed by atoms with van der Waals surface area (Å²) in [5.74, 6) is 4.06. The molecule has 2 N–H and O–H groups in total.